The van der Waals surface area contributed by atoms with Gasteiger partial charge in [-0.1, -0.05) is 30.3 Å². The standard InChI is InChI=1S/C16H17ClN2O2/c1-21-15-11-18-9-7-14(15)16(20)19(10-8-17)12-13-5-3-2-4-6-13/h2-7,9,11H,8,10,12H2,1H3. The Labute approximate surface area is 129 Å². The van der Waals surface area contributed by atoms with Gasteiger partial charge >= 0.3 is 0 Å². The van der Waals surface area contributed by atoms with Crippen molar-refractivity contribution < 1.29 is 9.53 Å². The lowest BCUT2D eigenvalue weighted by molar-refractivity contribution is 0.0750. The Morgan fingerprint density at radius 3 is 2.71 bits per heavy atom. The van der Waals surface area contributed by atoms with Crippen LogP contribution in [0.3, 0.4) is 0 Å². The highest BCUT2D eigenvalue weighted by Crippen LogP contribution is 2.19. The zero-order valence-electron chi connectivity index (χ0n) is 11.8. The molecule has 0 radical (unpaired) electrons. The third-order valence-electron chi connectivity index (χ3n) is 3.09. The molecule has 0 saturated carbocycles. The van der Waals surface area contributed by atoms with Crippen LogP contribution < -0.4 is 4.74 Å². The lowest BCUT2D eigenvalue weighted by atomic mass is 10.1. The van der Waals surface area contributed by atoms with Crippen LogP contribution in [-0.4, -0.2) is 35.3 Å². The number of halogens is 1. The number of hydrogen-bond acceptors (Lipinski definition) is 3. The van der Waals surface area contributed by atoms with E-state index in [1.165, 1.54) is 13.3 Å². The minimum atomic E-state index is -0.112. The second kappa shape index (κ2) is 7.64. The summed E-state index contributed by atoms with van der Waals surface area (Å²) in [6.07, 6.45) is 3.12. The van der Waals surface area contributed by atoms with Crippen LogP contribution in [0.15, 0.2) is 48.8 Å². The van der Waals surface area contributed by atoms with Gasteiger partial charge in [-0.2, -0.15) is 0 Å². The van der Waals surface area contributed by atoms with E-state index in [1.54, 1.807) is 17.2 Å². The number of hydrogen-bond donors (Lipinski definition) is 0. The summed E-state index contributed by atoms with van der Waals surface area (Å²) in [4.78, 5) is 18.4. The normalized spacial score (nSPS) is 10.2. The van der Waals surface area contributed by atoms with E-state index in [1.807, 2.05) is 30.3 Å². The Balaban J connectivity index is 2.23. The molecule has 5 heteroatoms. The molecule has 0 aliphatic rings. The van der Waals surface area contributed by atoms with Crippen LogP contribution >= 0.6 is 11.6 Å². The predicted octanol–water partition coefficient (Wildman–Crippen LogP) is 2.97. The Bertz CT molecular complexity index is 590. The van der Waals surface area contributed by atoms with Crippen LogP contribution in [0.25, 0.3) is 0 Å². The van der Waals surface area contributed by atoms with Gasteiger partial charge in [-0.3, -0.25) is 9.78 Å². The molecule has 110 valence electrons. The maximum Gasteiger partial charge on any atom is 0.258 e. The number of ether oxygens (including phenoxy) is 1. The minimum Gasteiger partial charge on any atom is -0.494 e. The fourth-order valence-electron chi connectivity index (χ4n) is 2.05. The number of carbonyl (C=O) groups is 1. The smallest absolute Gasteiger partial charge is 0.258 e. The van der Waals surface area contributed by atoms with Crippen molar-refractivity contribution in [3.05, 3.63) is 59.9 Å². The molecule has 0 N–H and O–H groups in total. The molecule has 21 heavy (non-hydrogen) atoms. The average Bonchev–Trinajstić information content (AvgIpc) is 2.54. The van der Waals surface area contributed by atoms with Gasteiger partial charge in [0.1, 0.15) is 5.75 Å². The summed E-state index contributed by atoms with van der Waals surface area (Å²) < 4.78 is 5.20. The van der Waals surface area contributed by atoms with Crippen molar-refractivity contribution in [1.82, 2.24) is 9.88 Å². The van der Waals surface area contributed by atoms with E-state index in [9.17, 15) is 4.79 Å². The van der Waals surface area contributed by atoms with E-state index in [2.05, 4.69) is 4.98 Å². The molecule has 0 spiro atoms. The summed E-state index contributed by atoms with van der Waals surface area (Å²) in [7, 11) is 1.52. The molecule has 0 fully saturated rings. The van der Waals surface area contributed by atoms with Crippen LogP contribution in [0, 0.1) is 0 Å². The zero-order chi connectivity index (χ0) is 15.1. The first-order chi connectivity index (χ1) is 10.3. The number of aromatic nitrogens is 1. The largest absolute Gasteiger partial charge is 0.494 e. The van der Waals surface area contributed by atoms with Gasteiger partial charge in [0.05, 0.1) is 18.9 Å². The fourth-order valence-corrected chi connectivity index (χ4v) is 2.25. The van der Waals surface area contributed by atoms with E-state index < -0.39 is 0 Å². The average molecular weight is 305 g/mol. The van der Waals surface area contributed by atoms with Crippen LogP contribution in [-0.2, 0) is 6.54 Å². The Kier molecular flexibility index (Phi) is 5.58. The number of amides is 1. The van der Waals surface area contributed by atoms with E-state index in [-0.39, 0.29) is 5.91 Å². The van der Waals surface area contributed by atoms with E-state index >= 15 is 0 Å². The van der Waals surface area contributed by atoms with E-state index in [0.29, 0.717) is 30.3 Å². The fraction of sp³-hybridized carbons (Fsp3) is 0.250. The second-order valence-corrected chi connectivity index (χ2v) is 4.86. The topological polar surface area (TPSA) is 42.4 Å². The van der Waals surface area contributed by atoms with Crippen molar-refractivity contribution in [3.8, 4) is 5.75 Å². The Morgan fingerprint density at radius 2 is 2.05 bits per heavy atom. The molecule has 4 nitrogen and oxygen atoms in total. The molecule has 1 aromatic carbocycles. The number of nitrogens with zero attached hydrogens (tertiary/aromatic N) is 2. The number of methoxy groups -OCH3 is 1. The van der Waals surface area contributed by atoms with Gasteiger partial charge in [0.25, 0.3) is 5.91 Å². The summed E-state index contributed by atoms with van der Waals surface area (Å²) in [5, 5.41) is 0. The van der Waals surface area contributed by atoms with Crippen molar-refractivity contribution in [3.63, 3.8) is 0 Å². The lowest BCUT2D eigenvalue weighted by Crippen LogP contribution is -2.32. The Hall–Kier alpha value is -2.07. The summed E-state index contributed by atoms with van der Waals surface area (Å²) in [6, 6.07) is 11.5. The highest BCUT2D eigenvalue weighted by atomic mass is 35.5. The first kappa shape index (κ1) is 15.3. The molecule has 2 rings (SSSR count). The first-order valence-electron chi connectivity index (χ1n) is 6.63. The number of carbonyl (C=O) groups excluding carboxylic acids is 1. The zero-order valence-corrected chi connectivity index (χ0v) is 12.6. The monoisotopic (exact) mass is 304 g/mol. The van der Waals surface area contributed by atoms with Gasteiger partial charge in [-0.25, -0.2) is 0 Å². The van der Waals surface area contributed by atoms with Gasteiger partial charge in [-0.15, -0.1) is 11.6 Å². The minimum absolute atomic E-state index is 0.112. The molecule has 0 aliphatic carbocycles. The lowest BCUT2D eigenvalue weighted by Gasteiger charge is -2.22. The van der Waals surface area contributed by atoms with E-state index in [0.717, 1.165) is 5.56 Å². The maximum absolute atomic E-state index is 12.7. The third kappa shape index (κ3) is 3.95. The molecule has 2 aromatic rings. The van der Waals surface area contributed by atoms with Crippen molar-refractivity contribution in [2.24, 2.45) is 0 Å². The van der Waals surface area contributed by atoms with Crippen molar-refractivity contribution in [2.75, 3.05) is 19.5 Å². The van der Waals surface area contributed by atoms with Gasteiger partial charge in [0, 0.05) is 25.2 Å². The molecular weight excluding hydrogens is 288 g/mol. The van der Waals surface area contributed by atoms with Gasteiger partial charge in [0.2, 0.25) is 0 Å². The van der Waals surface area contributed by atoms with Crippen molar-refractivity contribution in [2.45, 2.75) is 6.54 Å². The molecule has 1 amide bonds. The van der Waals surface area contributed by atoms with Crippen molar-refractivity contribution >= 4 is 17.5 Å². The highest BCUT2D eigenvalue weighted by Gasteiger charge is 2.19. The summed E-state index contributed by atoms with van der Waals surface area (Å²) in [6.45, 7) is 0.985. The molecule has 0 atom stereocenters. The van der Waals surface area contributed by atoms with Crippen LogP contribution in [0.1, 0.15) is 15.9 Å². The molecule has 1 heterocycles. The summed E-state index contributed by atoms with van der Waals surface area (Å²) >= 11 is 5.83. The molecule has 0 bridgehead atoms. The van der Waals surface area contributed by atoms with E-state index in [4.69, 9.17) is 16.3 Å². The van der Waals surface area contributed by atoms with Crippen molar-refractivity contribution in [1.29, 1.82) is 0 Å². The molecular formula is C16H17ClN2O2. The maximum atomic E-state index is 12.7. The second-order valence-electron chi connectivity index (χ2n) is 4.48. The summed E-state index contributed by atoms with van der Waals surface area (Å²) in [5.41, 5.74) is 1.55. The predicted molar refractivity (Wildman–Crippen MR) is 82.7 cm³/mol. The third-order valence-corrected chi connectivity index (χ3v) is 3.26. The van der Waals surface area contributed by atoms with Gasteiger partial charge in [-0.05, 0) is 11.6 Å². The van der Waals surface area contributed by atoms with Crippen LogP contribution in [0.5, 0.6) is 5.75 Å². The number of pyridine rings is 1. The number of alkyl halides is 1. The molecule has 0 unspecified atom stereocenters. The molecule has 1 aromatic heterocycles. The highest BCUT2D eigenvalue weighted by molar-refractivity contribution is 6.18. The van der Waals surface area contributed by atoms with Crippen LogP contribution in [0.2, 0.25) is 0 Å². The summed E-state index contributed by atoms with van der Waals surface area (Å²) in [5.74, 6) is 0.736. The van der Waals surface area contributed by atoms with Crippen LogP contribution in [0.4, 0.5) is 0 Å². The first-order valence-corrected chi connectivity index (χ1v) is 7.17. The number of rotatable bonds is 6. The molecule has 0 aliphatic heterocycles. The SMILES string of the molecule is COc1cnccc1C(=O)N(CCCl)Cc1ccccc1. The number of benzene rings is 1. The van der Waals surface area contributed by atoms with Gasteiger partial charge in [0.15, 0.2) is 0 Å². The quantitative estimate of drug-likeness (QED) is 0.771. The molecule has 0 saturated heterocycles. The van der Waals surface area contributed by atoms with Gasteiger partial charge < -0.3 is 9.64 Å². The Morgan fingerprint density at radius 1 is 1.29 bits per heavy atom.